The predicted molar refractivity (Wildman–Crippen MR) is 98.2 cm³/mol. The Labute approximate surface area is 146 Å². The molecule has 1 N–H and O–H groups in total. The van der Waals surface area contributed by atoms with E-state index in [2.05, 4.69) is 10.3 Å². The fraction of sp³-hybridized carbons (Fsp3) is 0.200. The highest BCUT2D eigenvalue weighted by atomic mass is 16.5. The Morgan fingerprint density at radius 3 is 2.64 bits per heavy atom. The van der Waals surface area contributed by atoms with Gasteiger partial charge < -0.3 is 14.8 Å². The Kier molecular flexibility index (Phi) is 5.14. The monoisotopic (exact) mass is 336 g/mol. The first-order chi connectivity index (χ1) is 12.2. The number of carbonyl (C=O) groups excluding carboxylic acids is 1. The molecule has 0 fully saturated rings. The fourth-order valence-corrected chi connectivity index (χ4v) is 2.50. The summed E-state index contributed by atoms with van der Waals surface area (Å²) in [6, 6.07) is 14.9. The predicted octanol–water partition coefficient (Wildman–Crippen LogP) is 3.96. The van der Waals surface area contributed by atoms with Crippen molar-refractivity contribution in [3.05, 3.63) is 60.3 Å². The Balaban J connectivity index is 1.72. The first-order valence-corrected chi connectivity index (χ1v) is 8.17. The second kappa shape index (κ2) is 7.66. The number of rotatable bonds is 6. The molecule has 3 aromatic rings. The second-order valence-electron chi connectivity index (χ2n) is 5.59. The molecule has 0 spiro atoms. The molecule has 1 heterocycles. The lowest BCUT2D eigenvalue weighted by atomic mass is 10.1. The molecule has 0 aliphatic carbocycles. The Hall–Kier alpha value is -3.08. The van der Waals surface area contributed by atoms with Gasteiger partial charge in [-0.05, 0) is 50.2 Å². The van der Waals surface area contributed by atoms with E-state index in [-0.39, 0.29) is 12.5 Å². The van der Waals surface area contributed by atoms with Crippen LogP contribution in [0.3, 0.4) is 0 Å². The van der Waals surface area contributed by atoms with Crippen LogP contribution >= 0.6 is 0 Å². The third-order valence-corrected chi connectivity index (χ3v) is 3.70. The molecule has 128 valence electrons. The number of amides is 1. The van der Waals surface area contributed by atoms with Crippen molar-refractivity contribution in [3.8, 4) is 11.5 Å². The van der Waals surface area contributed by atoms with Gasteiger partial charge in [-0.25, -0.2) is 0 Å². The van der Waals surface area contributed by atoms with Crippen LogP contribution in [-0.4, -0.2) is 24.1 Å². The molecular weight excluding hydrogens is 316 g/mol. The average molecular weight is 336 g/mol. The molecule has 3 rings (SSSR count). The summed E-state index contributed by atoms with van der Waals surface area (Å²) in [5.74, 6) is 1.14. The number of anilines is 1. The van der Waals surface area contributed by atoms with E-state index < -0.39 is 0 Å². The number of ether oxygens (including phenoxy) is 2. The number of fused-ring (bicyclic) bond motifs is 1. The number of hydrogen-bond acceptors (Lipinski definition) is 4. The summed E-state index contributed by atoms with van der Waals surface area (Å²) in [6.07, 6.45) is 1.71. The quantitative estimate of drug-likeness (QED) is 0.740. The van der Waals surface area contributed by atoms with Crippen LogP contribution in [0.1, 0.15) is 12.5 Å². The lowest BCUT2D eigenvalue weighted by molar-refractivity contribution is -0.118. The molecule has 0 atom stereocenters. The van der Waals surface area contributed by atoms with Gasteiger partial charge in [0.15, 0.2) is 6.61 Å². The van der Waals surface area contributed by atoms with Crippen molar-refractivity contribution in [1.82, 2.24) is 4.98 Å². The molecule has 0 aliphatic rings. The van der Waals surface area contributed by atoms with E-state index in [4.69, 9.17) is 9.47 Å². The maximum Gasteiger partial charge on any atom is 0.262 e. The number of pyridine rings is 1. The second-order valence-corrected chi connectivity index (χ2v) is 5.59. The zero-order valence-corrected chi connectivity index (χ0v) is 14.3. The molecule has 0 aliphatic heterocycles. The summed E-state index contributed by atoms with van der Waals surface area (Å²) in [4.78, 5) is 16.6. The Bertz CT molecular complexity index is 876. The molecule has 1 amide bonds. The van der Waals surface area contributed by atoms with Crippen LogP contribution in [0, 0.1) is 6.92 Å². The molecule has 0 bridgehead atoms. The summed E-state index contributed by atoms with van der Waals surface area (Å²) in [5.41, 5.74) is 2.55. The molecule has 25 heavy (non-hydrogen) atoms. The molecular formula is C20H20N2O3. The van der Waals surface area contributed by atoms with E-state index in [0.717, 1.165) is 16.5 Å². The lowest BCUT2D eigenvalue weighted by Gasteiger charge is -2.12. The lowest BCUT2D eigenvalue weighted by Crippen LogP contribution is -2.20. The van der Waals surface area contributed by atoms with Crippen molar-refractivity contribution in [1.29, 1.82) is 0 Å². The Morgan fingerprint density at radius 1 is 1.08 bits per heavy atom. The summed E-state index contributed by atoms with van der Waals surface area (Å²) in [5, 5.41) is 3.71. The summed E-state index contributed by atoms with van der Waals surface area (Å²) in [7, 11) is 0. The zero-order valence-electron chi connectivity index (χ0n) is 14.3. The number of aromatic nitrogens is 1. The van der Waals surface area contributed by atoms with Gasteiger partial charge in [0.1, 0.15) is 17.0 Å². The van der Waals surface area contributed by atoms with Crippen LogP contribution in [0.2, 0.25) is 0 Å². The highest BCUT2D eigenvalue weighted by Crippen LogP contribution is 2.30. The standard InChI is InChI=1S/C20H20N2O3/c1-3-24-18-11-10-17(16-5-4-12-21-20(16)18)22-19(23)13-25-15-8-6-14(2)7-9-15/h4-12H,3,13H2,1-2H3,(H,22,23). The van der Waals surface area contributed by atoms with Crippen molar-refractivity contribution >= 4 is 22.5 Å². The molecule has 1 aromatic heterocycles. The van der Waals surface area contributed by atoms with Gasteiger partial charge in [0.05, 0.1) is 12.3 Å². The Morgan fingerprint density at radius 2 is 1.88 bits per heavy atom. The smallest absolute Gasteiger partial charge is 0.262 e. The molecule has 0 saturated carbocycles. The van der Waals surface area contributed by atoms with E-state index in [1.807, 2.05) is 62.4 Å². The highest BCUT2D eigenvalue weighted by Gasteiger charge is 2.11. The van der Waals surface area contributed by atoms with Crippen LogP contribution in [0.25, 0.3) is 10.9 Å². The first kappa shape index (κ1) is 16.8. The number of nitrogens with one attached hydrogen (secondary N) is 1. The maximum atomic E-state index is 12.2. The number of nitrogens with zero attached hydrogens (tertiary/aromatic N) is 1. The molecule has 0 unspecified atom stereocenters. The third kappa shape index (κ3) is 4.07. The number of hydrogen-bond donors (Lipinski definition) is 1. The molecule has 5 nitrogen and oxygen atoms in total. The summed E-state index contributed by atoms with van der Waals surface area (Å²) in [6.45, 7) is 4.42. The van der Waals surface area contributed by atoms with Crippen molar-refractivity contribution in [2.45, 2.75) is 13.8 Å². The highest BCUT2D eigenvalue weighted by molar-refractivity contribution is 6.03. The molecule has 0 radical (unpaired) electrons. The minimum absolute atomic E-state index is 0.0575. The molecule has 5 heteroatoms. The summed E-state index contributed by atoms with van der Waals surface area (Å²) >= 11 is 0. The first-order valence-electron chi connectivity index (χ1n) is 8.17. The topological polar surface area (TPSA) is 60.5 Å². The van der Waals surface area contributed by atoms with Gasteiger partial charge >= 0.3 is 0 Å². The van der Waals surface area contributed by atoms with Gasteiger partial charge in [-0.2, -0.15) is 0 Å². The molecule has 2 aromatic carbocycles. The van der Waals surface area contributed by atoms with E-state index in [1.54, 1.807) is 6.20 Å². The van der Waals surface area contributed by atoms with Crippen molar-refractivity contribution in [3.63, 3.8) is 0 Å². The van der Waals surface area contributed by atoms with E-state index in [1.165, 1.54) is 0 Å². The van der Waals surface area contributed by atoms with Crippen LogP contribution in [0.5, 0.6) is 11.5 Å². The maximum absolute atomic E-state index is 12.2. The zero-order chi connectivity index (χ0) is 17.6. The van der Waals surface area contributed by atoms with Gasteiger partial charge in [-0.1, -0.05) is 17.7 Å². The van der Waals surface area contributed by atoms with E-state index in [9.17, 15) is 4.79 Å². The largest absolute Gasteiger partial charge is 0.492 e. The van der Waals surface area contributed by atoms with Crippen LogP contribution < -0.4 is 14.8 Å². The minimum Gasteiger partial charge on any atom is -0.492 e. The SMILES string of the molecule is CCOc1ccc(NC(=O)COc2ccc(C)cc2)c2cccnc12. The van der Waals surface area contributed by atoms with Gasteiger partial charge in [0.2, 0.25) is 0 Å². The number of aryl methyl sites for hydroxylation is 1. The molecule has 0 saturated heterocycles. The average Bonchev–Trinajstić information content (AvgIpc) is 2.63. The summed E-state index contributed by atoms with van der Waals surface area (Å²) < 4.78 is 11.1. The number of carbonyl (C=O) groups is 1. The number of benzene rings is 2. The van der Waals surface area contributed by atoms with Crippen molar-refractivity contribution < 1.29 is 14.3 Å². The van der Waals surface area contributed by atoms with Gasteiger partial charge in [-0.3, -0.25) is 9.78 Å². The van der Waals surface area contributed by atoms with Gasteiger partial charge in [0, 0.05) is 11.6 Å². The van der Waals surface area contributed by atoms with Gasteiger partial charge in [0.25, 0.3) is 5.91 Å². The van der Waals surface area contributed by atoms with Crippen molar-refractivity contribution in [2.24, 2.45) is 0 Å². The third-order valence-electron chi connectivity index (χ3n) is 3.70. The normalized spacial score (nSPS) is 10.5. The van der Waals surface area contributed by atoms with Crippen molar-refractivity contribution in [2.75, 3.05) is 18.5 Å². The minimum atomic E-state index is -0.227. The van der Waals surface area contributed by atoms with E-state index in [0.29, 0.717) is 23.8 Å². The van der Waals surface area contributed by atoms with Crippen LogP contribution in [-0.2, 0) is 4.79 Å². The van der Waals surface area contributed by atoms with Crippen LogP contribution in [0.4, 0.5) is 5.69 Å². The van der Waals surface area contributed by atoms with Crippen LogP contribution in [0.15, 0.2) is 54.7 Å². The fourth-order valence-electron chi connectivity index (χ4n) is 2.50. The van der Waals surface area contributed by atoms with E-state index >= 15 is 0 Å². The van der Waals surface area contributed by atoms with Gasteiger partial charge in [-0.15, -0.1) is 0 Å².